The van der Waals surface area contributed by atoms with Crippen LogP contribution in [0.15, 0.2) is 35.3 Å². The van der Waals surface area contributed by atoms with Crippen LogP contribution in [0.3, 0.4) is 0 Å². The molecule has 0 fully saturated rings. The SMILES string of the molecule is Cc1nc2c(-c3cccc(F)c3)c[nH]n2c(=O)c1CCC(=O)O. The minimum absolute atomic E-state index is 0.115. The number of aliphatic carboxylic acids is 1. The van der Waals surface area contributed by atoms with E-state index in [4.69, 9.17) is 5.11 Å². The van der Waals surface area contributed by atoms with Gasteiger partial charge in [-0.3, -0.25) is 14.7 Å². The summed E-state index contributed by atoms with van der Waals surface area (Å²) >= 11 is 0. The van der Waals surface area contributed by atoms with Gasteiger partial charge in [0.1, 0.15) is 5.82 Å². The molecule has 23 heavy (non-hydrogen) atoms. The van der Waals surface area contributed by atoms with Crippen LogP contribution in [0.25, 0.3) is 16.8 Å². The van der Waals surface area contributed by atoms with Crippen LogP contribution in [0.2, 0.25) is 0 Å². The zero-order valence-electron chi connectivity index (χ0n) is 12.3. The van der Waals surface area contributed by atoms with Gasteiger partial charge in [0.05, 0.1) is 0 Å². The van der Waals surface area contributed by atoms with E-state index in [1.165, 1.54) is 16.6 Å². The van der Waals surface area contributed by atoms with Crippen LogP contribution >= 0.6 is 0 Å². The number of nitrogens with one attached hydrogen (secondary N) is 1. The normalized spacial score (nSPS) is 11.0. The lowest BCUT2D eigenvalue weighted by molar-refractivity contribution is -0.136. The highest BCUT2D eigenvalue weighted by Gasteiger charge is 2.15. The molecule has 0 saturated carbocycles. The number of carbonyl (C=O) groups is 1. The van der Waals surface area contributed by atoms with Gasteiger partial charge < -0.3 is 5.11 Å². The topological polar surface area (TPSA) is 87.5 Å². The van der Waals surface area contributed by atoms with Crippen LogP contribution in [-0.4, -0.2) is 25.7 Å². The summed E-state index contributed by atoms with van der Waals surface area (Å²) in [4.78, 5) is 27.6. The molecule has 2 N–H and O–H groups in total. The van der Waals surface area contributed by atoms with E-state index >= 15 is 0 Å². The minimum atomic E-state index is -0.971. The number of aromatic nitrogens is 3. The van der Waals surface area contributed by atoms with Crippen LogP contribution < -0.4 is 5.56 Å². The van der Waals surface area contributed by atoms with Gasteiger partial charge in [0.2, 0.25) is 0 Å². The maximum Gasteiger partial charge on any atom is 0.303 e. The van der Waals surface area contributed by atoms with Crippen molar-refractivity contribution in [3.8, 4) is 11.1 Å². The smallest absolute Gasteiger partial charge is 0.303 e. The Morgan fingerprint density at radius 2 is 2.22 bits per heavy atom. The molecule has 0 aliphatic carbocycles. The molecule has 0 spiro atoms. The molecule has 3 aromatic rings. The van der Waals surface area contributed by atoms with Crippen molar-refractivity contribution in [1.29, 1.82) is 0 Å². The molecule has 2 aromatic heterocycles. The molecule has 6 nitrogen and oxygen atoms in total. The van der Waals surface area contributed by atoms with Gasteiger partial charge in [0.15, 0.2) is 5.65 Å². The average Bonchev–Trinajstić information content (AvgIpc) is 2.90. The first-order valence-electron chi connectivity index (χ1n) is 7.04. The zero-order valence-corrected chi connectivity index (χ0v) is 12.3. The first-order valence-corrected chi connectivity index (χ1v) is 7.04. The van der Waals surface area contributed by atoms with Crippen molar-refractivity contribution in [1.82, 2.24) is 14.6 Å². The van der Waals surface area contributed by atoms with Crippen molar-refractivity contribution in [2.75, 3.05) is 0 Å². The number of carboxylic acid groups (broad SMARTS) is 1. The summed E-state index contributed by atoms with van der Waals surface area (Å²) in [6, 6.07) is 6.02. The molecule has 0 radical (unpaired) electrons. The lowest BCUT2D eigenvalue weighted by atomic mass is 10.1. The molecule has 118 valence electrons. The second-order valence-electron chi connectivity index (χ2n) is 5.23. The number of aromatic amines is 1. The number of nitrogens with zero attached hydrogens (tertiary/aromatic N) is 2. The van der Waals surface area contributed by atoms with Crippen LogP contribution in [0.1, 0.15) is 17.7 Å². The Kier molecular flexibility index (Phi) is 3.69. The quantitative estimate of drug-likeness (QED) is 0.772. The van der Waals surface area contributed by atoms with E-state index in [2.05, 4.69) is 10.1 Å². The number of hydrogen-bond donors (Lipinski definition) is 2. The fraction of sp³-hybridized carbons (Fsp3) is 0.188. The first-order chi connectivity index (χ1) is 11.0. The lowest BCUT2D eigenvalue weighted by Gasteiger charge is -2.05. The van der Waals surface area contributed by atoms with Crippen molar-refractivity contribution in [2.24, 2.45) is 0 Å². The molecular formula is C16H14FN3O3. The Labute approximate surface area is 130 Å². The van der Waals surface area contributed by atoms with Gasteiger partial charge in [-0.15, -0.1) is 0 Å². The summed E-state index contributed by atoms with van der Waals surface area (Å²) in [7, 11) is 0. The number of rotatable bonds is 4. The van der Waals surface area contributed by atoms with E-state index in [9.17, 15) is 14.0 Å². The monoisotopic (exact) mass is 315 g/mol. The number of carboxylic acids is 1. The minimum Gasteiger partial charge on any atom is -0.481 e. The molecule has 0 saturated heterocycles. The number of aryl methyl sites for hydroxylation is 1. The Hall–Kier alpha value is -2.96. The van der Waals surface area contributed by atoms with Crippen molar-refractivity contribution in [3.63, 3.8) is 0 Å². The fourth-order valence-corrected chi connectivity index (χ4v) is 2.54. The molecule has 7 heteroatoms. The molecule has 0 unspecified atom stereocenters. The summed E-state index contributed by atoms with van der Waals surface area (Å²) in [6.45, 7) is 1.67. The van der Waals surface area contributed by atoms with Crippen molar-refractivity contribution in [2.45, 2.75) is 19.8 Å². The summed E-state index contributed by atoms with van der Waals surface area (Å²) in [5.41, 5.74) is 2.10. The predicted octanol–water partition coefficient (Wildman–Crippen LogP) is 2.15. The molecular weight excluding hydrogens is 301 g/mol. The van der Waals surface area contributed by atoms with E-state index in [1.807, 2.05) is 0 Å². The summed E-state index contributed by atoms with van der Waals surface area (Å²) in [5, 5.41) is 11.6. The largest absolute Gasteiger partial charge is 0.481 e. The molecule has 0 aliphatic heterocycles. The van der Waals surface area contributed by atoms with Gasteiger partial charge in [-0.2, -0.15) is 0 Å². The third-order valence-electron chi connectivity index (χ3n) is 3.69. The van der Waals surface area contributed by atoms with Crippen molar-refractivity contribution >= 4 is 11.6 Å². The van der Waals surface area contributed by atoms with Crippen LogP contribution in [0.4, 0.5) is 4.39 Å². The average molecular weight is 315 g/mol. The highest BCUT2D eigenvalue weighted by Crippen LogP contribution is 2.23. The summed E-state index contributed by atoms with van der Waals surface area (Å²) in [5.74, 6) is -1.35. The molecule has 0 atom stereocenters. The number of benzene rings is 1. The highest BCUT2D eigenvalue weighted by molar-refractivity contribution is 5.77. The van der Waals surface area contributed by atoms with Crippen molar-refractivity contribution < 1.29 is 14.3 Å². The molecule has 0 aliphatic rings. The van der Waals surface area contributed by atoms with Gasteiger partial charge in [-0.1, -0.05) is 12.1 Å². The Morgan fingerprint density at radius 1 is 1.43 bits per heavy atom. The summed E-state index contributed by atoms with van der Waals surface area (Å²) < 4.78 is 14.7. The lowest BCUT2D eigenvalue weighted by Crippen LogP contribution is -2.22. The molecule has 0 bridgehead atoms. The maximum absolute atomic E-state index is 13.4. The van der Waals surface area contributed by atoms with E-state index in [0.717, 1.165) is 0 Å². The summed E-state index contributed by atoms with van der Waals surface area (Å²) in [6.07, 6.45) is 1.56. The molecule has 1 aromatic carbocycles. The number of fused-ring (bicyclic) bond motifs is 1. The molecule has 0 amide bonds. The van der Waals surface area contributed by atoms with E-state index < -0.39 is 5.97 Å². The molecule has 3 rings (SSSR count). The highest BCUT2D eigenvalue weighted by atomic mass is 19.1. The molecule has 2 heterocycles. The Balaban J connectivity index is 2.15. The predicted molar refractivity (Wildman–Crippen MR) is 81.9 cm³/mol. The third kappa shape index (κ3) is 2.73. The Bertz CT molecular complexity index is 959. The van der Waals surface area contributed by atoms with Gasteiger partial charge >= 0.3 is 5.97 Å². The van der Waals surface area contributed by atoms with E-state index in [0.29, 0.717) is 28.0 Å². The van der Waals surface area contributed by atoms with Crippen LogP contribution in [-0.2, 0) is 11.2 Å². The first kappa shape index (κ1) is 15.0. The van der Waals surface area contributed by atoms with E-state index in [1.54, 1.807) is 25.3 Å². The maximum atomic E-state index is 13.4. The van der Waals surface area contributed by atoms with Crippen molar-refractivity contribution in [3.05, 3.63) is 57.9 Å². The Morgan fingerprint density at radius 3 is 2.91 bits per heavy atom. The third-order valence-corrected chi connectivity index (χ3v) is 3.69. The van der Waals surface area contributed by atoms with E-state index in [-0.39, 0.29) is 24.2 Å². The van der Waals surface area contributed by atoms with Crippen LogP contribution in [0.5, 0.6) is 0 Å². The van der Waals surface area contributed by atoms with Gasteiger partial charge in [-0.05, 0) is 31.0 Å². The second-order valence-corrected chi connectivity index (χ2v) is 5.23. The second kappa shape index (κ2) is 5.68. The number of H-pyrrole nitrogens is 1. The zero-order chi connectivity index (χ0) is 16.6. The fourth-order valence-electron chi connectivity index (χ4n) is 2.54. The number of halogens is 1. The van der Waals surface area contributed by atoms with Gasteiger partial charge in [-0.25, -0.2) is 13.9 Å². The standard InChI is InChI=1S/C16H14FN3O3/c1-9-12(5-6-14(21)22)16(23)20-15(19-9)13(8-18-20)10-3-2-4-11(17)7-10/h2-4,7-8,18H,5-6H2,1H3,(H,21,22). The van der Waals surface area contributed by atoms with Gasteiger partial charge in [0.25, 0.3) is 5.56 Å². The van der Waals surface area contributed by atoms with Crippen LogP contribution in [0, 0.1) is 12.7 Å². The number of hydrogen-bond acceptors (Lipinski definition) is 3. The van der Waals surface area contributed by atoms with Gasteiger partial charge in [0, 0.05) is 29.4 Å².